The van der Waals surface area contributed by atoms with Crippen LogP contribution in [-0.2, 0) is 19.6 Å². The van der Waals surface area contributed by atoms with Crippen molar-refractivity contribution in [3.63, 3.8) is 0 Å². The Bertz CT molecular complexity index is 1510. The van der Waals surface area contributed by atoms with E-state index in [-0.39, 0.29) is 31.1 Å². The third-order valence-electron chi connectivity index (χ3n) is 7.59. The fourth-order valence-electron chi connectivity index (χ4n) is 6.59. The Labute approximate surface area is 260 Å². The molecule has 0 amide bonds. The average Bonchev–Trinajstić information content (AvgIpc) is 2.80. The lowest BCUT2D eigenvalue weighted by Crippen LogP contribution is -2.60. The second-order valence-electron chi connectivity index (χ2n) is 10.3. The van der Waals surface area contributed by atoms with Crippen LogP contribution in [0.1, 0.15) is 48.9 Å². The Morgan fingerprint density at radius 2 is 1.49 bits per heavy atom. The summed E-state index contributed by atoms with van der Waals surface area (Å²) >= 11 is 6.24. The molecule has 15 heteroatoms. The van der Waals surface area contributed by atoms with Crippen molar-refractivity contribution in [2.75, 3.05) is 0 Å². The van der Waals surface area contributed by atoms with Gasteiger partial charge in [0.1, 0.15) is 20.6 Å². The van der Waals surface area contributed by atoms with Crippen molar-refractivity contribution in [3.05, 3.63) is 51.7 Å². The van der Waals surface area contributed by atoms with Gasteiger partial charge in [0.2, 0.25) is 17.4 Å². The molecule has 0 aromatic heterocycles. The molecule has 210 valence electrons. The van der Waals surface area contributed by atoms with E-state index in [1.807, 2.05) is 28.7 Å². The van der Waals surface area contributed by atoms with Gasteiger partial charge in [-0.25, -0.2) is 22.0 Å². The Balaban J connectivity index is 1.46. The first-order chi connectivity index (χ1) is 18.1. The van der Waals surface area contributed by atoms with Gasteiger partial charge >= 0.3 is 11.9 Å². The van der Waals surface area contributed by atoms with E-state index in [4.69, 9.17) is 9.47 Å². The molecule has 0 N–H and O–H groups in total. The molecule has 4 aliphatic carbocycles. The maximum Gasteiger partial charge on any atom is 0.339 e. The first-order valence-corrected chi connectivity index (χ1v) is 16.1. The minimum absolute atomic E-state index is 0.0175. The van der Waals surface area contributed by atoms with Crippen LogP contribution in [0.25, 0.3) is 0 Å². The lowest BCUT2D eigenvalue weighted by Gasteiger charge is -2.59. The minimum Gasteiger partial charge on any atom is -0.744 e. The zero-order chi connectivity index (χ0) is 28.7. The number of carbonyl (C=O) groups excluding carboxylic acids is 2. The monoisotopic (exact) mass is 905 g/mol. The van der Waals surface area contributed by atoms with E-state index in [9.17, 15) is 40.1 Å². The predicted molar refractivity (Wildman–Crippen MR) is 150 cm³/mol. The summed E-state index contributed by atoms with van der Waals surface area (Å²) < 4.78 is 104. The maximum absolute atomic E-state index is 14.6. The van der Waals surface area contributed by atoms with Gasteiger partial charge in [0.05, 0.1) is 11.0 Å². The molecule has 0 aliphatic heterocycles. The number of carbonyl (C=O) groups is 2. The van der Waals surface area contributed by atoms with Crippen LogP contribution in [0.4, 0.5) is 17.6 Å². The van der Waals surface area contributed by atoms with E-state index < -0.39 is 67.0 Å². The molecule has 4 bridgehead atoms. The number of hydrogen-bond acceptors (Lipinski definition) is 7. The summed E-state index contributed by atoms with van der Waals surface area (Å²) in [6, 6.07) is 3.59. The number of esters is 2. The molecule has 4 aliphatic rings. The van der Waals surface area contributed by atoms with Gasteiger partial charge in [0.25, 0.3) is 0 Å². The summed E-state index contributed by atoms with van der Waals surface area (Å²) in [6.07, 6.45) is 2.18. The summed E-state index contributed by atoms with van der Waals surface area (Å²) in [7, 11) is -5.91. The van der Waals surface area contributed by atoms with Gasteiger partial charge in [-0.15, -0.1) is 0 Å². The quantitative estimate of drug-likeness (QED) is 0.0897. The number of rotatable bonds is 5. The number of ether oxygens (including phenoxy) is 2. The molecule has 0 radical (unpaired) electrons. The van der Waals surface area contributed by atoms with Gasteiger partial charge in [0.15, 0.2) is 11.6 Å². The van der Waals surface area contributed by atoms with Crippen molar-refractivity contribution in [3.8, 4) is 5.75 Å². The predicted octanol–water partition coefficient (Wildman–Crippen LogP) is 6.06. The van der Waals surface area contributed by atoms with Crippen molar-refractivity contribution < 1.29 is 49.6 Å². The SMILES string of the molecule is O=C(OC12CC3CC(C1)CC(C(=O)Oc1c(F)c(F)c(S(=O)(=O)[O-])c(F)c1F)(C3)C2)c1cc(I)cc(I)c1I. The summed E-state index contributed by atoms with van der Waals surface area (Å²) in [5.41, 5.74) is -2.04. The standard InChI is InChI=1S/C24H17F4I3O7S/c25-14-16(27)20(39(34,35)36)17(28)15(26)19(14)37-22(33)23-4-9-1-10(5-23)7-24(6-9,8-23)38-21(32)12-2-11(29)3-13(30)18(12)31/h2-3,9-10H,1,4-8H2,(H,34,35,36)/p-1. The van der Waals surface area contributed by atoms with Crippen molar-refractivity contribution in [2.24, 2.45) is 17.3 Å². The van der Waals surface area contributed by atoms with E-state index in [1.165, 1.54) is 0 Å². The summed E-state index contributed by atoms with van der Waals surface area (Å²) in [5, 5.41) is 0. The molecule has 0 spiro atoms. The van der Waals surface area contributed by atoms with Crippen LogP contribution in [-0.4, -0.2) is 30.5 Å². The van der Waals surface area contributed by atoms with E-state index in [1.54, 1.807) is 6.07 Å². The van der Waals surface area contributed by atoms with Gasteiger partial charge in [0, 0.05) is 17.1 Å². The lowest BCUT2D eigenvalue weighted by molar-refractivity contribution is -0.190. The van der Waals surface area contributed by atoms with Gasteiger partial charge in [-0.1, -0.05) is 0 Å². The molecule has 4 fully saturated rings. The molecule has 2 aromatic carbocycles. The topological polar surface area (TPSA) is 110 Å². The highest BCUT2D eigenvalue weighted by Gasteiger charge is 2.63. The van der Waals surface area contributed by atoms with Crippen molar-refractivity contribution in [1.82, 2.24) is 0 Å². The fourth-order valence-corrected chi connectivity index (χ4v) is 9.59. The van der Waals surface area contributed by atoms with Crippen molar-refractivity contribution >= 4 is 89.8 Å². The van der Waals surface area contributed by atoms with Crippen LogP contribution in [0.2, 0.25) is 0 Å². The van der Waals surface area contributed by atoms with Crippen molar-refractivity contribution in [1.29, 1.82) is 0 Å². The Hall–Kier alpha value is -0.800. The van der Waals surface area contributed by atoms with E-state index >= 15 is 0 Å². The zero-order valence-corrected chi connectivity index (χ0v) is 26.8. The molecule has 7 nitrogen and oxygen atoms in total. The second kappa shape index (κ2) is 10.2. The molecule has 2 atom stereocenters. The van der Waals surface area contributed by atoms with Crippen LogP contribution < -0.4 is 4.74 Å². The van der Waals surface area contributed by atoms with E-state index in [0.717, 1.165) is 13.6 Å². The molecule has 4 saturated carbocycles. The van der Waals surface area contributed by atoms with Gasteiger partial charge < -0.3 is 14.0 Å². The minimum atomic E-state index is -5.91. The number of halogens is 7. The first-order valence-electron chi connectivity index (χ1n) is 11.5. The number of hydrogen-bond donors (Lipinski definition) is 0. The molecule has 39 heavy (non-hydrogen) atoms. The lowest BCUT2D eigenvalue weighted by atomic mass is 9.48. The van der Waals surface area contributed by atoms with Crippen molar-refractivity contribution in [2.45, 2.75) is 49.0 Å². The maximum atomic E-state index is 14.6. The second-order valence-corrected chi connectivity index (χ2v) is 15.1. The van der Waals surface area contributed by atoms with Crippen LogP contribution in [0.15, 0.2) is 17.0 Å². The fraction of sp³-hybridized carbons (Fsp3) is 0.417. The summed E-state index contributed by atoms with van der Waals surface area (Å²) in [6.45, 7) is 0. The highest BCUT2D eigenvalue weighted by Crippen LogP contribution is 2.63. The smallest absolute Gasteiger partial charge is 0.339 e. The summed E-state index contributed by atoms with van der Waals surface area (Å²) in [4.78, 5) is 24.3. The molecular weight excluding hydrogens is 889 g/mol. The third kappa shape index (κ3) is 5.19. The molecule has 2 aromatic rings. The third-order valence-corrected chi connectivity index (χ3v) is 12.1. The normalized spacial score (nSPS) is 27.5. The van der Waals surface area contributed by atoms with Crippen LogP contribution in [0.3, 0.4) is 0 Å². The number of benzene rings is 2. The first kappa shape index (κ1) is 29.7. The molecular formula is C24H16F4I3O7S-. The van der Waals surface area contributed by atoms with Crippen LogP contribution >= 0.6 is 67.8 Å². The van der Waals surface area contributed by atoms with Gasteiger partial charge in [-0.05, 0) is 124 Å². The van der Waals surface area contributed by atoms with E-state index in [2.05, 4.69) is 45.2 Å². The Kier molecular flexibility index (Phi) is 7.75. The van der Waals surface area contributed by atoms with Crippen LogP contribution in [0, 0.1) is 51.2 Å². The van der Waals surface area contributed by atoms with Crippen LogP contribution in [0.5, 0.6) is 5.75 Å². The Morgan fingerprint density at radius 3 is 2.03 bits per heavy atom. The van der Waals surface area contributed by atoms with Gasteiger partial charge in [-0.2, -0.15) is 8.78 Å². The molecule has 0 heterocycles. The highest BCUT2D eigenvalue weighted by atomic mass is 127. The Morgan fingerprint density at radius 1 is 0.923 bits per heavy atom. The largest absolute Gasteiger partial charge is 0.744 e. The molecule has 6 rings (SSSR count). The highest BCUT2D eigenvalue weighted by molar-refractivity contribution is 14.1. The zero-order valence-electron chi connectivity index (χ0n) is 19.5. The van der Waals surface area contributed by atoms with E-state index in [0.29, 0.717) is 22.0 Å². The average molecular weight is 905 g/mol. The summed E-state index contributed by atoms with van der Waals surface area (Å²) in [5.74, 6) is -13.3. The van der Waals surface area contributed by atoms with Gasteiger partial charge in [-0.3, -0.25) is 4.79 Å². The molecule has 2 unspecified atom stereocenters. The molecule has 0 saturated heterocycles.